The molecule has 7 heteroatoms. The van der Waals surface area contributed by atoms with Crippen LogP contribution in [0.4, 0.5) is 5.82 Å². The summed E-state index contributed by atoms with van der Waals surface area (Å²) in [6.45, 7) is 4.77. The molecule has 0 amide bonds. The largest absolute Gasteiger partial charge is 0.377 e. The summed E-state index contributed by atoms with van der Waals surface area (Å²) in [5, 5.41) is 0. The van der Waals surface area contributed by atoms with Crippen LogP contribution in [0.1, 0.15) is 50.0 Å². The van der Waals surface area contributed by atoms with Gasteiger partial charge in [0, 0.05) is 61.9 Å². The molecule has 1 aromatic rings. The fourth-order valence-electron chi connectivity index (χ4n) is 4.47. The second kappa shape index (κ2) is 7.15. The summed E-state index contributed by atoms with van der Waals surface area (Å²) in [7, 11) is 1.70. The van der Waals surface area contributed by atoms with E-state index < -0.39 is 0 Å². The zero-order chi connectivity index (χ0) is 17.4. The molecule has 3 unspecified atom stereocenters. The molecule has 1 saturated carbocycles. The molecule has 1 aromatic heterocycles. The van der Waals surface area contributed by atoms with E-state index in [0.717, 1.165) is 56.1 Å². The van der Waals surface area contributed by atoms with Crippen LogP contribution in [-0.4, -0.2) is 48.3 Å². The molecule has 0 spiro atoms. The number of fused-ring (bicyclic) bond motifs is 1. The van der Waals surface area contributed by atoms with Crippen LogP contribution in [0, 0.1) is 5.92 Å². The van der Waals surface area contributed by atoms with E-state index in [1.54, 1.807) is 7.11 Å². The Balaban J connectivity index is 1.56. The fourth-order valence-corrected chi connectivity index (χ4v) is 4.47. The first-order valence-corrected chi connectivity index (χ1v) is 9.56. The topological polar surface area (TPSA) is 88.3 Å². The van der Waals surface area contributed by atoms with Gasteiger partial charge in [-0.25, -0.2) is 9.97 Å². The Morgan fingerprint density at radius 3 is 2.88 bits per heavy atom. The molecule has 7 nitrogen and oxygen atoms in total. The van der Waals surface area contributed by atoms with Crippen molar-refractivity contribution in [2.24, 2.45) is 11.7 Å². The first-order chi connectivity index (χ1) is 12.2. The average Bonchev–Trinajstić information content (AvgIpc) is 3.01. The number of methoxy groups -OCH3 is 1. The molecule has 1 aliphatic carbocycles. The lowest BCUT2D eigenvalue weighted by molar-refractivity contribution is 0.177. The number of anilines is 1. The summed E-state index contributed by atoms with van der Waals surface area (Å²) in [5.41, 5.74) is 14.0. The molecule has 2 aliphatic heterocycles. The van der Waals surface area contributed by atoms with Gasteiger partial charge in [0.1, 0.15) is 12.4 Å². The van der Waals surface area contributed by atoms with Gasteiger partial charge < -0.3 is 15.4 Å². The van der Waals surface area contributed by atoms with Crippen LogP contribution < -0.4 is 21.5 Å². The normalized spacial score (nSPS) is 34.7. The van der Waals surface area contributed by atoms with E-state index in [1.807, 2.05) is 0 Å². The van der Waals surface area contributed by atoms with Crippen LogP contribution in [0.5, 0.6) is 0 Å². The number of hydrazine groups is 1. The van der Waals surface area contributed by atoms with Crippen molar-refractivity contribution >= 4 is 5.82 Å². The van der Waals surface area contributed by atoms with E-state index in [2.05, 4.69) is 28.7 Å². The smallest absolute Gasteiger partial charge is 0.156 e. The standard InChI is InChI=1S/C18H30N6O/c1-3-14-13-9-24(5-4-15(13)23-22-14)18-8-16(11-6-12(19)7-11)20-17(21-18)10-25-2/h8,11-15,22-23H,3-7,9-10,19H2,1-2H3. The Bertz CT molecular complexity index is 599. The third-order valence-electron chi connectivity index (χ3n) is 6.04. The van der Waals surface area contributed by atoms with Crippen LogP contribution in [0.25, 0.3) is 0 Å². The number of nitrogens with two attached hydrogens (primary N) is 1. The van der Waals surface area contributed by atoms with Crippen LogP contribution in [0.15, 0.2) is 6.07 Å². The van der Waals surface area contributed by atoms with E-state index in [1.165, 1.54) is 0 Å². The number of nitrogens with zero attached hydrogens (tertiary/aromatic N) is 3. The Morgan fingerprint density at radius 1 is 1.32 bits per heavy atom. The highest BCUT2D eigenvalue weighted by atomic mass is 16.5. The number of hydrogen-bond acceptors (Lipinski definition) is 7. The zero-order valence-electron chi connectivity index (χ0n) is 15.2. The molecule has 0 radical (unpaired) electrons. The summed E-state index contributed by atoms with van der Waals surface area (Å²) in [6, 6.07) is 3.63. The minimum absolute atomic E-state index is 0.325. The molecular weight excluding hydrogens is 316 g/mol. The Morgan fingerprint density at radius 2 is 2.16 bits per heavy atom. The monoisotopic (exact) mass is 346 g/mol. The summed E-state index contributed by atoms with van der Waals surface area (Å²) < 4.78 is 5.29. The van der Waals surface area contributed by atoms with Crippen molar-refractivity contribution in [3.05, 3.63) is 17.6 Å². The third-order valence-corrected chi connectivity index (χ3v) is 6.04. The lowest BCUT2D eigenvalue weighted by Crippen LogP contribution is -2.47. The zero-order valence-corrected chi connectivity index (χ0v) is 15.2. The quantitative estimate of drug-likeness (QED) is 0.730. The van der Waals surface area contributed by atoms with Gasteiger partial charge >= 0.3 is 0 Å². The molecule has 3 fully saturated rings. The van der Waals surface area contributed by atoms with Crippen molar-refractivity contribution in [2.45, 2.75) is 63.3 Å². The Kier molecular flexibility index (Phi) is 4.90. The minimum Gasteiger partial charge on any atom is -0.377 e. The summed E-state index contributed by atoms with van der Waals surface area (Å²) in [5.74, 6) is 2.94. The minimum atomic E-state index is 0.325. The first-order valence-electron chi connectivity index (χ1n) is 9.56. The van der Waals surface area contributed by atoms with Gasteiger partial charge in [0.15, 0.2) is 5.82 Å². The maximum atomic E-state index is 5.98. The van der Waals surface area contributed by atoms with Gasteiger partial charge in [0.25, 0.3) is 0 Å². The maximum absolute atomic E-state index is 5.98. The van der Waals surface area contributed by atoms with Crippen molar-refractivity contribution in [1.29, 1.82) is 0 Å². The van der Waals surface area contributed by atoms with Crippen molar-refractivity contribution in [2.75, 3.05) is 25.1 Å². The van der Waals surface area contributed by atoms with Gasteiger partial charge in [-0.3, -0.25) is 10.9 Å². The number of hydrogen-bond donors (Lipinski definition) is 3. The van der Waals surface area contributed by atoms with Crippen LogP contribution in [-0.2, 0) is 11.3 Å². The summed E-state index contributed by atoms with van der Waals surface area (Å²) in [4.78, 5) is 12.0. The number of nitrogens with one attached hydrogen (secondary N) is 2. The molecule has 25 heavy (non-hydrogen) atoms. The molecule has 0 bridgehead atoms. The molecule has 3 heterocycles. The lowest BCUT2D eigenvalue weighted by Gasteiger charge is -2.37. The van der Waals surface area contributed by atoms with Gasteiger partial charge in [0.05, 0.1) is 0 Å². The maximum Gasteiger partial charge on any atom is 0.156 e. The molecule has 3 aliphatic rings. The molecule has 4 N–H and O–H groups in total. The van der Waals surface area contributed by atoms with Gasteiger partial charge in [-0.15, -0.1) is 0 Å². The lowest BCUT2D eigenvalue weighted by atomic mass is 9.78. The second-order valence-corrected chi connectivity index (χ2v) is 7.74. The van der Waals surface area contributed by atoms with Crippen LogP contribution in [0.2, 0.25) is 0 Å². The van der Waals surface area contributed by atoms with Crippen molar-refractivity contribution in [3.63, 3.8) is 0 Å². The van der Waals surface area contributed by atoms with E-state index in [0.29, 0.717) is 36.6 Å². The highest BCUT2D eigenvalue weighted by molar-refractivity contribution is 5.42. The van der Waals surface area contributed by atoms with Gasteiger partial charge in [-0.05, 0) is 25.7 Å². The van der Waals surface area contributed by atoms with E-state index in [9.17, 15) is 0 Å². The van der Waals surface area contributed by atoms with Crippen LogP contribution >= 0.6 is 0 Å². The SMILES string of the molecule is CCC1NNC2CCN(c3cc(C4CC(N)C4)nc(COC)n3)CC12. The second-order valence-electron chi connectivity index (χ2n) is 7.74. The van der Waals surface area contributed by atoms with Gasteiger partial charge in [-0.2, -0.15) is 0 Å². The van der Waals surface area contributed by atoms with Crippen molar-refractivity contribution in [1.82, 2.24) is 20.8 Å². The average molecular weight is 346 g/mol. The number of rotatable bonds is 5. The molecule has 138 valence electrons. The highest BCUT2D eigenvalue weighted by Crippen LogP contribution is 2.36. The predicted molar refractivity (Wildman–Crippen MR) is 97.2 cm³/mol. The Hall–Kier alpha value is -1.28. The molecule has 0 aromatic carbocycles. The van der Waals surface area contributed by atoms with E-state index in [4.69, 9.17) is 20.4 Å². The molecule has 2 saturated heterocycles. The number of piperidine rings is 1. The molecular formula is C18H30N6O. The van der Waals surface area contributed by atoms with E-state index >= 15 is 0 Å². The van der Waals surface area contributed by atoms with Gasteiger partial charge in [-0.1, -0.05) is 6.92 Å². The number of aromatic nitrogens is 2. The first kappa shape index (κ1) is 17.1. The highest BCUT2D eigenvalue weighted by Gasteiger charge is 2.39. The van der Waals surface area contributed by atoms with Gasteiger partial charge in [0.2, 0.25) is 0 Å². The third kappa shape index (κ3) is 3.38. The van der Waals surface area contributed by atoms with Crippen molar-refractivity contribution < 1.29 is 4.74 Å². The summed E-state index contributed by atoms with van der Waals surface area (Å²) >= 11 is 0. The molecule has 3 atom stereocenters. The predicted octanol–water partition coefficient (Wildman–Crippen LogP) is 0.909. The number of ether oxygens (including phenoxy) is 1. The Labute approximate surface area is 149 Å². The van der Waals surface area contributed by atoms with Crippen LogP contribution in [0.3, 0.4) is 0 Å². The molecule has 4 rings (SSSR count). The van der Waals surface area contributed by atoms with Crippen molar-refractivity contribution in [3.8, 4) is 0 Å². The summed E-state index contributed by atoms with van der Waals surface area (Å²) in [6.07, 6.45) is 4.34. The fraction of sp³-hybridized carbons (Fsp3) is 0.778. The van der Waals surface area contributed by atoms with E-state index in [-0.39, 0.29) is 0 Å².